The summed E-state index contributed by atoms with van der Waals surface area (Å²) in [6.45, 7) is 5.00. The van der Waals surface area contributed by atoms with Gasteiger partial charge in [0.1, 0.15) is 0 Å². The molecule has 1 atom stereocenters. The van der Waals surface area contributed by atoms with Crippen molar-refractivity contribution in [2.45, 2.75) is 19.4 Å². The van der Waals surface area contributed by atoms with Crippen LogP contribution in [-0.2, 0) is 23.0 Å². The first-order valence-electron chi connectivity index (χ1n) is 9.32. The van der Waals surface area contributed by atoms with Crippen LogP contribution < -0.4 is 0 Å². The molecule has 1 aliphatic heterocycles. The number of ether oxygens (including phenoxy) is 1. The van der Waals surface area contributed by atoms with E-state index in [1.165, 1.54) is 0 Å². The van der Waals surface area contributed by atoms with Gasteiger partial charge < -0.3 is 9.30 Å². The predicted octanol–water partition coefficient (Wildman–Crippen LogP) is 2.47. The second kappa shape index (κ2) is 7.58. The number of Topliss-reactive ketones (excluding diaryl/α,β-unsaturated/α-hetero) is 1. The summed E-state index contributed by atoms with van der Waals surface area (Å²) in [7, 11) is 1.98. The molecule has 0 bridgehead atoms. The van der Waals surface area contributed by atoms with Crippen LogP contribution in [0, 0.1) is 0 Å². The third-order valence-electron chi connectivity index (χ3n) is 5.31. The third kappa shape index (κ3) is 3.77. The first-order valence-corrected chi connectivity index (χ1v) is 9.32. The number of fused-ring (bicyclic) bond motifs is 1. The van der Waals surface area contributed by atoms with Crippen molar-refractivity contribution < 1.29 is 9.53 Å². The molecular formula is C21H24N4O2. The standard InChI is InChI=1S/C21H24N4O2/c1-15(25-5-7-27-8-6-25)21(26)11-19-10-18-9-16(3-4-17(18)12-23-19)20-13-22-14-24(20)2/h3-4,9-10,12-15H,5-8,11H2,1-2H3/t15-/m0/s1. The van der Waals surface area contributed by atoms with Gasteiger partial charge in [0.2, 0.25) is 0 Å². The van der Waals surface area contributed by atoms with E-state index in [1.54, 1.807) is 6.33 Å². The molecule has 0 saturated carbocycles. The molecule has 0 amide bonds. The van der Waals surface area contributed by atoms with E-state index in [2.05, 4.69) is 33.1 Å². The molecule has 2 aromatic heterocycles. The zero-order valence-electron chi connectivity index (χ0n) is 15.8. The van der Waals surface area contributed by atoms with Crippen molar-refractivity contribution >= 4 is 16.6 Å². The maximum Gasteiger partial charge on any atom is 0.155 e. The lowest BCUT2D eigenvalue weighted by Crippen LogP contribution is -2.46. The molecule has 27 heavy (non-hydrogen) atoms. The fourth-order valence-electron chi connectivity index (χ4n) is 3.57. The van der Waals surface area contributed by atoms with Crippen LogP contribution in [0.15, 0.2) is 43.0 Å². The Morgan fingerprint density at radius 2 is 2.00 bits per heavy atom. The lowest BCUT2D eigenvalue weighted by atomic mass is 10.0. The van der Waals surface area contributed by atoms with Gasteiger partial charge in [-0.25, -0.2) is 4.98 Å². The van der Waals surface area contributed by atoms with E-state index >= 15 is 0 Å². The van der Waals surface area contributed by atoms with Crippen molar-refractivity contribution in [1.82, 2.24) is 19.4 Å². The number of imidazole rings is 1. The van der Waals surface area contributed by atoms with E-state index in [1.807, 2.05) is 37.0 Å². The molecule has 0 unspecified atom stereocenters. The van der Waals surface area contributed by atoms with Gasteiger partial charge in [0.15, 0.2) is 5.78 Å². The minimum absolute atomic E-state index is 0.104. The molecule has 1 saturated heterocycles. The van der Waals surface area contributed by atoms with Crippen LogP contribution in [0.5, 0.6) is 0 Å². The maximum atomic E-state index is 12.7. The maximum absolute atomic E-state index is 12.7. The Bertz CT molecular complexity index is 960. The Kier molecular flexibility index (Phi) is 5.01. The molecule has 0 spiro atoms. The van der Waals surface area contributed by atoms with Crippen LogP contribution in [-0.4, -0.2) is 57.6 Å². The van der Waals surface area contributed by atoms with Crippen molar-refractivity contribution in [1.29, 1.82) is 0 Å². The Morgan fingerprint density at radius 1 is 1.19 bits per heavy atom. The average Bonchev–Trinajstić information content (AvgIpc) is 3.13. The number of hydrogen-bond acceptors (Lipinski definition) is 5. The van der Waals surface area contributed by atoms with Crippen LogP contribution in [0.25, 0.3) is 22.0 Å². The van der Waals surface area contributed by atoms with Crippen molar-refractivity contribution in [3.05, 3.63) is 48.7 Å². The number of hydrogen-bond donors (Lipinski definition) is 0. The number of aromatic nitrogens is 3. The van der Waals surface area contributed by atoms with Gasteiger partial charge in [-0.2, -0.15) is 0 Å². The monoisotopic (exact) mass is 364 g/mol. The molecule has 6 heteroatoms. The molecule has 0 N–H and O–H groups in total. The summed E-state index contributed by atoms with van der Waals surface area (Å²) in [4.78, 5) is 23.6. The van der Waals surface area contributed by atoms with Gasteiger partial charge in [0.05, 0.1) is 43.9 Å². The first-order chi connectivity index (χ1) is 13.1. The molecule has 0 radical (unpaired) electrons. The molecule has 1 aromatic carbocycles. The van der Waals surface area contributed by atoms with Gasteiger partial charge >= 0.3 is 0 Å². The van der Waals surface area contributed by atoms with Crippen molar-refractivity contribution in [3.63, 3.8) is 0 Å². The summed E-state index contributed by atoms with van der Waals surface area (Å²) in [5.74, 6) is 0.200. The zero-order valence-corrected chi connectivity index (χ0v) is 15.8. The second-order valence-electron chi connectivity index (χ2n) is 7.09. The predicted molar refractivity (Wildman–Crippen MR) is 105 cm³/mol. The minimum atomic E-state index is -0.104. The van der Waals surface area contributed by atoms with E-state index in [4.69, 9.17) is 4.74 Å². The van der Waals surface area contributed by atoms with Crippen LogP contribution >= 0.6 is 0 Å². The van der Waals surface area contributed by atoms with Crippen LogP contribution in [0.4, 0.5) is 0 Å². The summed E-state index contributed by atoms with van der Waals surface area (Å²) in [5, 5.41) is 2.16. The van der Waals surface area contributed by atoms with E-state index in [-0.39, 0.29) is 11.8 Å². The second-order valence-corrected chi connectivity index (χ2v) is 7.09. The van der Waals surface area contributed by atoms with Gasteiger partial charge in [-0.05, 0) is 24.4 Å². The Morgan fingerprint density at radius 3 is 2.74 bits per heavy atom. The number of carbonyl (C=O) groups excluding carboxylic acids is 1. The van der Waals surface area contributed by atoms with Gasteiger partial charge in [-0.1, -0.05) is 12.1 Å². The number of rotatable bonds is 5. The number of pyridine rings is 1. The highest BCUT2D eigenvalue weighted by molar-refractivity contribution is 5.89. The minimum Gasteiger partial charge on any atom is -0.379 e. The number of morpholine rings is 1. The summed E-state index contributed by atoms with van der Waals surface area (Å²) >= 11 is 0. The summed E-state index contributed by atoms with van der Waals surface area (Å²) in [6, 6.07) is 8.19. The normalized spacial score (nSPS) is 16.5. The SMILES string of the molecule is C[C@@H](C(=O)Cc1cc2cc(-c3cncn3C)ccc2cn1)N1CCOCC1. The zero-order chi connectivity index (χ0) is 18.8. The van der Waals surface area contributed by atoms with Gasteiger partial charge in [-0.15, -0.1) is 0 Å². The van der Waals surface area contributed by atoms with Crippen molar-refractivity contribution in [2.75, 3.05) is 26.3 Å². The van der Waals surface area contributed by atoms with E-state index in [9.17, 15) is 4.79 Å². The Balaban J connectivity index is 1.55. The fraction of sp³-hybridized carbons (Fsp3) is 0.381. The summed E-state index contributed by atoms with van der Waals surface area (Å²) in [6.07, 6.45) is 5.86. The van der Waals surface area contributed by atoms with E-state index in [0.717, 1.165) is 40.8 Å². The molecular weight excluding hydrogens is 340 g/mol. The molecule has 6 nitrogen and oxygen atoms in total. The number of nitrogens with zero attached hydrogens (tertiary/aromatic N) is 4. The average molecular weight is 364 g/mol. The van der Waals surface area contributed by atoms with Crippen LogP contribution in [0.1, 0.15) is 12.6 Å². The first kappa shape index (κ1) is 17.8. The molecule has 4 rings (SSSR count). The molecule has 3 aromatic rings. The molecule has 3 heterocycles. The van der Waals surface area contributed by atoms with Crippen LogP contribution in [0.3, 0.4) is 0 Å². The smallest absolute Gasteiger partial charge is 0.155 e. The van der Waals surface area contributed by atoms with Gasteiger partial charge in [-0.3, -0.25) is 14.7 Å². The topological polar surface area (TPSA) is 60.2 Å². The number of carbonyl (C=O) groups is 1. The number of benzene rings is 1. The summed E-state index contributed by atoms with van der Waals surface area (Å²) in [5.41, 5.74) is 2.98. The molecule has 0 aliphatic carbocycles. The van der Waals surface area contributed by atoms with Gasteiger partial charge in [0.25, 0.3) is 0 Å². The third-order valence-corrected chi connectivity index (χ3v) is 5.31. The lowest BCUT2D eigenvalue weighted by molar-refractivity contribution is -0.124. The quantitative estimate of drug-likeness (QED) is 0.696. The number of ketones is 1. The van der Waals surface area contributed by atoms with E-state index in [0.29, 0.717) is 19.6 Å². The van der Waals surface area contributed by atoms with Crippen molar-refractivity contribution in [3.8, 4) is 11.3 Å². The van der Waals surface area contributed by atoms with Crippen LogP contribution in [0.2, 0.25) is 0 Å². The molecule has 1 aliphatic rings. The Hall–Kier alpha value is -2.57. The highest BCUT2D eigenvalue weighted by atomic mass is 16.5. The van der Waals surface area contributed by atoms with Gasteiger partial charge in [0, 0.05) is 43.0 Å². The fourth-order valence-corrected chi connectivity index (χ4v) is 3.57. The molecule has 140 valence electrons. The van der Waals surface area contributed by atoms with Crippen molar-refractivity contribution in [2.24, 2.45) is 7.05 Å². The lowest BCUT2D eigenvalue weighted by Gasteiger charge is -2.31. The number of aryl methyl sites for hydroxylation is 1. The highest BCUT2D eigenvalue weighted by Gasteiger charge is 2.23. The molecule has 1 fully saturated rings. The highest BCUT2D eigenvalue weighted by Crippen LogP contribution is 2.24. The largest absolute Gasteiger partial charge is 0.379 e. The van der Waals surface area contributed by atoms with E-state index < -0.39 is 0 Å². The summed E-state index contributed by atoms with van der Waals surface area (Å²) < 4.78 is 7.37. The Labute approximate surface area is 158 Å².